The first-order valence-corrected chi connectivity index (χ1v) is 7.73. The van der Waals surface area contributed by atoms with Gasteiger partial charge in [-0.1, -0.05) is 36.4 Å². The van der Waals surface area contributed by atoms with Crippen LogP contribution in [0.15, 0.2) is 54.6 Å². The Labute approximate surface area is 140 Å². The Hall–Kier alpha value is -3.07. The maximum absolute atomic E-state index is 12.2. The summed E-state index contributed by atoms with van der Waals surface area (Å²) < 4.78 is 10.7. The van der Waals surface area contributed by atoms with Crippen LogP contribution in [0.1, 0.15) is 15.9 Å². The Bertz CT molecular complexity index is 999. The number of hydrogen-bond acceptors (Lipinski definition) is 3. The molecule has 4 rings (SSSR count). The van der Waals surface area contributed by atoms with Crippen molar-refractivity contribution < 1.29 is 14.3 Å². The molecule has 0 saturated carbocycles. The van der Waals surface area contributed by atoms with Gasteiger partial charge in [-0.15, -0.1) is 0 Å². The molecule has 0 amide bonds. The second kappa shape index (κ2) is 5.53. The van der Waals surface area contributed by atoms with Crippen LogP contribution in [0.2, 0.25) is 0 Å². The predicted octanol–water partition coefficient (Wildman–Crippen LogP) is 4.73. The van der Waals surface area contributed by atoms with Gasteiger partial charge in [0.2, 0.25) is 0 Å². The summed E-state index contributed by atoms with van der Waals surface area (Å²) in [4.78, 5) is 12.2. The Morgan fingerprint density at radius 2 is 1.62 bits per heavy atom. The van der Waals surface area contributed by atoms with Crippen molar-refractivity contribution >= 4 is 22.6 Å². The highest BCUT2D eigenvalue weighted by Crippen LogP contribution is 2.38. The maximum Gasteiger partial charge on any atom is 0.186 e. The average molecular weight is 316 g/mol. The van der Waals surface area contributed by atoms with E-state index in [1.54, 1.807) is 20.3 Å². The third kappa shape index (κ3) is 2.09. The monoisotopic (exact) mass is 316 g/mol. The molecule has 1 aliphatic rings. The van der Waals surface area contributed by atoms with Crippen LogP contribution in [0.4, 0.5) is 0 Å². The molecule has 24 heavy (non-hydrogen) atoms. The van der Waals surface area contributed by atoms with Crippen molar-refractivity contribution in [2.24, 2.45) is 0 Å². The molecule has 3 nitrogen and oxygen atoms in total. The molecular weight excluding hydrogens is 300 g/mol. The molecule has 1 aliphatic carbocycles. The summed E-state index contributed by atoms with van der Waals surface area (Å²) in [6.45, 7) is 0. The molecule has 0 fully saturated rings. The molecule has 0 unspecified atom stereocenters. The fraction of sp³-hybridized carbons (Fsp3) is 0.0952. The largest absolute Gasteiger partial charge is 0.493 e. The zero-order valence-corrected chi connectivity index (χ0v) is 13.5. The molecular formula is C21H16O3. The lowest BCUT2D eigenvalue weighted by Crippen LogP contribution is -2.02. The zero-order valence-electron chi connectivity index (χ0n) is 13.5. The van der Waals surface area contributed by atoms with Crippen LogP contribution in [0.5, 0.6) is 11.5 Å². The van der Waals surface area contributed by atoms with Gasteiger partial charge in [-0.2, -0.15) is 0 Å². The Kier molecular flexibility index (Phi) is 3.35. The van der Waals surface area contributed by atoms with Gasteiger partial charge in [-0.25, -0.2) is 0 Å². The fourth-order valence-electron chi connectivity index (χ4n) is 3.29. The number of carbonyl (C=O) groups excluding carboxylic acids is 1. The molecule has 0 saturated heterocycles. The van der Waals surface area contributed by atoms with Gasteiger partial charge in [0.25, 0.3) is 0 Å². The summed E-state index contributed by atoms with van der Waals surface area (Å²) in [5, 5.41) is 2.08. The molecule has 0 heterocycles. The number of ether oxygens (including phenoxy) is 2. The van der Waals surface area contributed by atoms with Crippen LogP contribution in [0, 0.1) is 0 Å². The van der Waals surface area contributed by atoms with Gasteiger partial charge in [0.15, 0.2) is 17.3 Å². The van der Waals surface area contributed by atoms with E-state index in [2.05, 4.69) is 12.1 Å². The van der Waals surface area contributed by atoms with Gasteiger partial charge in [-0.05, 0) is 46.4 Å². The number of hydrogen-bond donors (Lipinski definition) is 0. The highest BCUT2D eigenvalue weighted by atomic mass is 16.5. The topological polar surface area (TPSA) is 35.5 Å². The van der Waals surface area contributed by atoms with Crippen molar-refractivity contribution in [1.82, 2.24) is 0 Å². The summed E-state index contributed by atoms with van der Waals surface area (Å²) >= 11 is 0. The van der Waals surface area contributed by atoms with E-state index >= 15 is 0 Å². The molecule has 0 radical (unpaired) electrons. The van der Waals surface area contributed by atoms with Crippen LogP contribution < -0.4 is 9.47 Å². The summed E-state index contributed by atoms with van der Waals surface area (Å²) in [7, 11) is 3.25. The molecule has 3 aromatic rings. The van der Waals surface area contributed by atoms with E-state index in [0.29, 0.717) is 11.5 Å². The SMILES string of the molecule is COc1ccc(-c2ccc3cccc4c3c2C=CC4=O)cc1OC. The third-order valence-corrected chi connectivity index (χ3v) is 4.45. The Morgan fingerprint density at radius 3 is 2.42 bits per heavy atom. The van der Waals surface area contributed by atoms with Crippen molar-refractivity contribution in [1.29, 1.82) is 0 Å². The normalized spacial score (nSPS) is 12.5. The highest BCUT2D eigenvalue weighted by Gasteiger charge is 2.18. The number of allylic oxidation sites excluding steroid dienone is 1. The molecule has 3 aromatic carbocycles. The molecule has 3 heteroatoms. The number of rotatable bonds is 3. The van der Waals surface area contributed by atoms with E-state index < -0.39 is 0 Å². The molecule has 0 spiro atoms. The first-order valence-electron chi connectivity index (χ1n) is 7.73. The summed E-state index contributed by atoms with van der Waals surface area (Å²) in [5.74, 6) is 1.44. The van der Waals surface area contributed by atoms with Crippen LogP contribution in [0.25, 0.3) is 28.0 Å². The summed E-state index contributed by atoms with van der Waals surface area (Å²) in [5.41, 5.74) is 3.92. The molecule has 118 valence electrons. The minimum absolute atomic E-state index is 0.0533. The van der Waals surface area contributed by atoms with E-state index in [1.807, 2.05) is 42.5 Å². The highest BCUT2D eigenvalue weighted by molar-refractivity contribution is 6.21. The summed E-state index contributed by atoms with van der Waals surface area (Å²) in [6.07, 6.45) is 3.55. The lowest BCUT2D eigenvalue weighted by atomic mass is 9.87. The lowest BCUT2D eigenvalue weighted by Gasteiger charge is -2.17. The standard InChI is InChI=1S/C21H16O3/c1-23-19-11-7-14(12-20(19)24-2)15-8-6-13-4-3-5-17-18(22)10-9-16(15)21(13)17/h3-12H,1-2H3. The second-order valence-electron chi connectivity index (χ2n) is 5.70. The molecule has 0 atom stereocenters. The second-order valence-corrected chi connectivity index (χ2v) is 5.70. The van der Waals surface area contributed by atoms with Crippen LogP contribution >= 0.6 is 0 Å². The van der Waals surface area contributed by atoms with E-state index in [4.69, 9.17) is 9.47 Å². The number of benzene rings is 3. The van der Waals surface area contributed by atoms with E-state index in [1.165, 1.54) is 0 Å². The Balaban J connectivity index is 2.00. The number of carbonyl (C=O) groups is 1. The minimum Gasteiger partial charge on any atom is -0.493 e. The van der Waals surface area contributed by atoms with Crippen LogP contribution in [-0.2, 0) is 0 Å². The van der Waals surface area contributed by atoms with E-state index in [-0.39, 0.29) is 5.78 Å². The quantitative estimate of drug-likeness (QED) is 0.700. The van der Waals surface area contributed by atoms with Crippen molar-refractivity contribution in [3.05, 3.63) is 65.7 Å². The maximum atomic E-state index is 12.2. The van der Waals surface area contributed by atoms with Crippen LogP contribution in [0.3, 0.4) is 0 Å². The van der Waals surface area contributed by atoms with Crippen molar-refractivity contribution in [2.45, 2.75) is 0 Å². The van der Waals surface area contributed by atoms with Gasteiger partial charge >= 0.3 is 0 Å². The van der Waals surface area contributed by atoms with Gasteiger partial charge < -0.3 is 9.47 Å². The molecule has 0 bridgehead atoms. The Morgan fingerprint density at radius 1 is 0.792 bits per heavy atom. The van der Waals surface area contributed by atoms with Gasteiger partial charge in [0.05, 0.1) is 14.2 Å². The summed E-state index contributed by atoms with van der Waals surface area (Å²) in [6, 6.07) is 15.9. The zero-order chi connectivity index (χ0) is 16.7. The predicted molar refractivity (Wildman–Crippen MR) is 95.9 cm³/mol. The first-order chi connectivity index (χ1) is 11.7. The molecule has 0 aromatic heterocycles. The first kappa shape index (κ1) is 14.5. The molecule has 0 aliphatic heterocycles. The van der Waals surface area contributed by atoms with Gasteiger partial charge in [0, 0.05) is 10.9 Å². The van der Waals surface area contributed by atoms with Gasteiger partial charge in [0.1, 0.15) is 0 Å². The van der Waals surface area contributed by atoms with Gasteiger partial charge in [-0.3, -0.25) is 4.79 Å². The van der Waals surface area contributed by atoms with Crippen molar-refractivity contribution in [3.8, 4) is 22.6 Å². The average Bonchev–Trinajstić information content (AvgIpc) is 2.64. The molecule has 0 N–H and O–H groups in total. The third-order valence-electron chi connectivity index (χ3n) is 4.45. The van der Waals surface area contributed by atoms with Crippen molar-refractivity contribution in [2.75, 3.05) is 14.2 Å². The van der Waals surface area contributed by atoms with E-state index in [9.17, 15) is 4.79 Å². The fourth-order valence-corrected chi connectivity index (χ4v) is 3.29. The van der Waals surface area contributed by atoms with E-state index in [0.717, 1.165) is 33.0 Å². The van der Waals surface area contributed by atoms with Crippen molar-refractivity contribution in [3.63, 3.8) is 0 Å². The smallest absolute Gasteiger partial charge is 0.186 e. The number of methoxy groups -OCH3 is 2. The lowest BCUT2D eigenvalue weighted by molar-refractivity contribution is 0.104. The minimum atomic E-state index is 0.0533. The number of ketones is 1. The van der Waals surface area contributed by atoms with Crippen LogP contribution in [-0.4, -0.2) is 20.0 Å².